The third-order valence-electron chi connectivity index (χ3n) is 3.90. The number of hydrogen-bond donors (Lipinski definition) is 0. The quantitative estimate of drug-likeness (QED) is 0.605. The predicted octanol–water partition coefficient (Wildman–Crippen LogP) is 4.40. The Morgan fingerprint density at radius 2 is 1.95 bits per heavy atom. The number of nitro benzene ring substituents is 1. The monoisotopic (exact) mass is 340 g/mol. The summed E-state index contributed by atoms with van der Waals surface area (Å²) >= 11 is 3.54. The molecule has 0 aliphatic carbocycles. The lowest BCUT2D eigenvalue weighted by molar-refractivity contribution is -0.385. The number of rotatable bonds is 3. The van der Waals surface area contributed by atoms with Crippen LogP contribution in [0.15, 0.2) is 16.6 Å². The number of anilines is 1. The Bertz CT molecular complexity index is 509. The van der Waals surface area contributed by atoms with E-state index in [1.807, 2.05) is 6.92 Å². The number of benzene rings is 1. The summed E-state index contributed by atoms with van der Waals surface area (Å²) in [5.74, 6) is 1.32. The van der Waals surface area contributed by atoms with E-state index in [2.05, 4.69) is 34.7 Å². The molecule has 0 aromatic heterocycles. The van der Waals surface area contributed by atoms with Gasteiger partial charge in [-0.3, -0.25) is 10.1 Å². The lowest BCUT2D eigenvalue weighted by Crippen LogP contribution is -2.39. The van der Waals surface area contributed by atoms with Gasteiger partial charge in [0, 0.05) is 29.7 Å². The van der Waals surface area contributed by atoms with E-state index in [-0.39, 0.29) is 10.6 Å². The number of aryl methyl sites for hydroxylation is 1. The summed E-state index contributed by atoms with van der Waals surface area (Å²) < 4.78 is 0.838. The van der Waals surface area contributed by atoms with Crippen LogP contribution in [0.1, 0.15) is 32.8 Å². The van der Waals surface area contributed by atoms with Crippen molar-refractivity contribution in [2.75, 3.05) is 18.0 Å². The van der Waals surface area contributed by atoms with Crippen LogP contribution in [-0.2, 0) is 6.42 Å². The van der Waals surface area contributed by atoms with Crippen LogP contribution in [0.3, 0.4) is 0 Å². The van der Waals surface area contributed by atoms with Crippen molar-refractivity contribution in [1.29, 1.82) is 0 Å². The van der Waals surface area contributed by atoms with E-state index in [9.17, 15) is 10.1 Å². The summed E-state index contributed by atoms with van der Waals surface area (Å²) in [4.78, 5) is 13.0. The van der Waals surface area contributed by atoms with Gasteiger partial charge in [0.15, 0.2) is 0 Å². The first kappa shape index (κ1) is 15.3. The maximum atomic E-state index is 11.0. The number of piperidine rings is 1. The minimum Gasteiger partial charge on any atom is -0.370 e. The third-order valence-corrected chi connectivity index (χ3v) is 4.51. The molecule has 20 heavy (non-hydrogen) atoms. The second kappa shape index (κ2) is 6.12. The molecular formula is C15H21BrN2O2. The summed E-state index contributed by atoms with van der Waals surface area (Å²) in [7, 11) is 0. The molecule has 1 aromatic rings. The largest absolute Gasteiger partial charge is 0.370 e. The van der Waals surface area contributed by atoms with E-state index in [1.54, 1.807) is 12.1 Å². The van der Waals surface area contributed by atoms with E-state index in [1.165, 1.54) is 6.42 Å². The number of halogens is 1. The Hall–Kier alpha value is -1.10. The van der Waals surface area contributed by atoms with E-state index in [4.69, 9.17) is 0 Å². The highest BCUT2D eigenvalue weighted by Crippen LogP contribution is 2.37. The van der Waals surface area contributed by atoms with Crippen LogP contribution in [0.2, 0.25) is 0 Å². The third kappa shape index (κ3) is 3.14. The number of hydrogen-bond acceptors (Lipinski definition) is 3. The van der Waals surface area contributed by atoms with E-state index in [0.717, 1.165) is 35.2 Å². The second-order valence-corrected chi connectivity index (χ2v) is 6.75. The zero-order chi connectivity index (χ0) is 14.9. The zero-order valence-corrected chi connectivity index (χ0v) is 13.8. The molecule has 0 amide bonds. The smallest absolute Gasteiger partial charge is 0.270 e. The van der Waals surface area contributed by atoms with Crippen LogP contribution in [0, 0.1) is 22.0 Å². The molecular weight excluding hydrogens is 320 g/mol. The Morgan fingerprint density at radius 1 is 1.35 bits per heavy atom. The molecule has 1 saturated heterocycles. The molecule has 0 bridgehead atoms. The van der Waals surface area contributed by atoms with Crippen molar-refractivity contribution in [3.05, 3.63) is 32.3 Å². The molecule has 110 valence electrons. The predicted molar refractivity (Wildman–Crippen MR) is 85.3 cm³/mol. The summed E-state index contributed by atoms with van der Waals surface area (Å²) in [6.45, 7) is 8.63. The number of non-ortho nitro benzene ring substituents is 1. The van der Waals surface area contributed by atoms with Crippen LogP contribution in [0.5, 0.6) is 0 Å². The fourth-order valence-corrected chi connectivity index (χ4v) is 3.95. The summed E-state index contributed by atoms with van der Waals surface area (Å²) in [6.07, 6.45) is 2.05. The van der Waals surface area contributed by atoms with E-state index in [0.29, 0.717) is 11.8 Å². The maximum Gasteiger partial charge on any atom is 0.270 e. The van der Waals surface area contributed by atoms with Gasteiger partial charge >= 0.3 is 0 Å². The van der Waals surface area contributed by atoms with Gasteiger partial charge in [-0.1, -0.05) is 20.8 Å². The van der Waals surface area contributed by atoms with Crippen molar-refractivity contribution in [2.45, 2.75) is 33.6 Å². The SMILES string of the molecule is CCc1cc([N+](=O)[O-])cc(Br)c1N1CC(C)CC(C)C1. The van der Waals surface area contributed by atoms with Gasteiger partial charge in [0.2, 0.25) is 0 Å². The second-order valence-electron chi connectivity index (χ2n) is 5.90. The van der Waals surface area contributed by atoms with E-state index < -0.39 is 0 Å². The first-order chi connectivity index (χ1) is 9.42. The number of nitrogens with zero attached hydrogens (tertiary/aromatic N) is 2. The molecule has 1 aliphatic rings. The minimum atomic E-state index is -0.324. The lowest BCUT2D eigenvalue weighted by atomic mass is 9.91. The van der Waals surface area contributed by atoms with Gasteiger partial charge < -0.3 is 4.90 Å². The van der Waals surface area contributed by atoms with Gasteiger partial charge in [0.25, 0.3) is 5.69 Å². The normalized spacial score (nSPS) is 22.9. The van der Waals surface area contributed by atoms with Crippen LogP contribution in [-0.4, -0.2) is 18.0 Å². The Balaban J connectivity index is 2.42. The average molecular weight is 341 g/mol. The zero-order valence-electron chi connectivity index (χ0n) is 12.2. The minimum absolute atomic E-state index is 0.163. The van der Waals surface area contributed by atoms with Crippen molar-refractivity contribution >= 4 is 27.3 Å². The first-order valence-electron chi connectivity index (χ1n) is 7.14. The highest BCUT2D eigenvalue weighted by molar-refractivity contribution is 9.10. The maximum absolute atomic E-state index is 11.0. The molecule has 1 fully saturated rings. The van der Waals surface area contributed by atoms with Crippen LogP contribution in [0.4, 0.5) is 11.4 Å². The average Bonchev–Trinajstić information content (AvgIpc) is 2.36. The Kier molecular flexibility index (Phi) is 4.68. The fraction of sp³-hybridized carbons (Fsp3) is 0.600. The molecule has 5 heteroatoms. The Morgan fingerprint density at radius 3 is 2.45 bits per heavy atom. The molecule has 0 radical (unpaired) electrons. The van der Waals surface area contributed by atoms with Crippen molar-refractivity contribution in [1.82, 2.24) is 0 Å². The molecule has 1 heterocycles. The first-order valence-corrected chi connectivity index (χ1v) is 7.93. The summed E-state index contributed by atoms with van der Waals surface area (Å²) in [6, 6.07) is 3.34. The summed E-state index contributed by atoms with van der Waals surface area (Å²) in [5, 5.41) is 11.0. The molecule has 0 N–H and O–H groups in total. The van der Waals surface area contributed by atoms with Crippen LogP contribution >= 0.6 is 15.9 Å². The van der Waals surface area contributed by atoms with Gasteiger partial charge in [0.05, 0.1) is 10.6 Å². The van der Waals surface area contributed by atoms with Gasteiger partial charge in [-0.25, -0.2) is 0 Å². The van der Waals surface area contributed by atoms with Gasteiger partial charge in [-0.2, -0.15) is 0 Å². The van der Waals surface area contributed by atoms with Crippen molar-refractivity contribution < 1.29 is 4.92 Å². The topological polar surface area (TPSA) is 46.4 Å². The highest BCUT2D eigenvalue weighted by Gasteiger charge is 2.26. The lowest BCUT2D eigenvalue weighted by Gasteiger charge is -2.38. The van der Waals surface area contributed by atoms with Crippen molar-refractivity contribution in [3.8, 4) is 0 Å². The van der Waals surface area contributed by atoms with Crippen LogP contribution < -0.4 is 4.90 Å². The molecule has 2 atom stereocenters. The van der Waals surface area contributed by atoms with Crippen molar-refractivity contribution in [2.24, 2.45) is 11.8 Å². The van der Waals surface area contributed by atoms with Gasteiger partial charge in [-0.05, 0) is 46.2 Å². The molecule has 0 spiro atoms. The van der Waals surface area contributed by atoms with E-state index >= 15 is 0 Å². The molecule has 1 aliphatic heterocycles. The molecule has 0 saturated carbocycles. The number of nitro groups is 1. The molecule has 2 rings (SSSR count). The van der Waals surface area contributed by atoms with Gasteiger partial charge in [-0.15, -0.1) is 0 Å². The standard InChI is InChI=1S/C15H21BrN2O2/c1-4-12-6-13(18(19)20)7-14(16)15(12)17-8-10(2)5-11(3)9-17/h6-7,10-11H,4-5,8-9H2,1-3H3. The highest BCUT2D eigenvalue weighted by atomic mass is 79.9. The molecule has 1 aromatic carbocycles. The fourth-order valence-electron chi connectivity index (χ4n) is 3.21. The van der Waals surface area contributed by atoms with Gasteiger partial charge in [0.1, 0.15) is 0 Å². The molecule has 4 nitrogen and oxygen atoms in total. The van der Waals surface area contributed by atoms with Crippen molar-refractivity contribution in [3.63, 3.8) is 0 Å². The molecule has 2 unspecified atom stereocenters. The van der Waals surface area contributed by atoms with Crippen LogP contribution in [0.25, 0.3) is 0 Å². The Labute approximate surface area is 128 Å². The summed E-state index contributed by atoms with van der Waals surface area (Å²) in [5.41, 5.74) is 2.35.